The van der Waals surface area contributed by atoms with Gasteiger partial charge in [0.1, 0.15) is 0 Å². The third-order valence-electron chi connectivity index (χ3n) is 2.32. The van der Waals surface area contributed by atoms with Gasteiger partial charge in [0, 0.05) is 18.3 Å². The van der Waals surface area contributed by atoms with E-state index >= 15 is 0 Å². The van der Waals surface area contributed by atoms with Gasteiger partial charge in [-0.2, -0.15) is 0 Å². The summed E-state index contributed by atoms with van der Waals surface area (Å²) in [7, 11) is 0. The Kier molecular flexibility index (Phi) is 5.19. The van der Waals surface area contributed by atoms with E-state index in [4.69, 9.17) is 4.74 Å². The second-order valence-electron chi connectivity index (χ2n) is 3.76. The summed E-state index contributed by atoms with van der Waals surface area (Å²) in [5, 5.41) is 3.43. The second kappa shape index (κ2) is 6.46. The molecule has 0 heterocycles. The van der Waals surface area contributed by atoms with Crippen LogP contribution < -0.4 is 5.32 Å². The Bertz CT molecular complexity index is 286. The maximum Gasteiger partial charge on any atom is 0.0664 e. The molecule has 0 aliphatic heterocycles. The van der Waals surface area contributed by atoms with Crippen LogP contribution in [0.15, 0.2) is 24.3 Å². The zero-order valence-electron chi connectivity index (χ0n) is 9.92. The molecule has 1 rings (SSSR count). The van der Waals surface area contributed by atoms with Gasteiger partial charge in [-0.3, -0.25) is 0 Å². The quantitative estimate of drug-likeness (QED) is 0.774. The highest BCUT2D eigenvalue weighted by Gasteiger charge is 2.01. The molecule has 84 valence electrons. The van der Waals surface area contributed by atoms with Crippen LogP contribution in [0.2, 0.25) is 0 Å². The van der Waals surface area contributed by atoms with E-state index in [0.717, 1.165) is 19.6 Å². The SMILES string of the molecule is CCOCC(C)Nc1cccc(CC)c1. The fraction of sp³-hybridized carbons (Fsp3) is 0.538. The minimum absolute atomic E-state index is 0.358. The molecular weight excluding hydrogens is 186 g/mol. The van der Waals surface area contributed by atoms with Crippen molar-refractivity contribution in [3.8, 4) is 0 Å². The number of anilines is 1. The van der Waals surface area contributed by atoms with Crippen LogP contribution in [0.4, 0.5) is 5.69 Å². The van der Waals surface area contributed by atoms with Gasteiger partial charge in [-0.15, -0.1) is 0 Å². The molecule has 1 N–H and O–H groups in total. The predicted octanol–water partition coefficient (Wildman–Crippen LogP) is 3.09. The van der Waals surface area contributed by atoms with Crippen molar-refractivity contribution in [3.63, 3.8) is 0 Å². The zero-order valence-corrected chi connectivity index (χ0v) is 9.92. The van der Waals surface area contributed by atoms with Crippen LogP contribution in [0, 0.1) is 0 Å². The lowest BCUT2D eigenvalue weighted by Crippen LogP contribution is -2.21. The molecule has 1 aromatic carbocycles. The first kappa shape index (κ1) is 12.1. The van der Waals surface area contributed by atoms with Crippen LogP contribution in [0.5, 0.6) is 0 Å². The lowest BCUT2D eigenvalue weighted by molar-refractivity contribution is 0.141. The minimum Gasteiger partial charge on any atom is -0.380 e. The molecule has 1 aromatic rings. The van der Waals surface area contributed by atoms with E-state index in [2.05, 4.69) is 43.4 Å². The molecule has 0 aliphatic rings. The Balaban J connectivity index is 2.48. The number of rotatable bonds is 6. The van der Waals surface area contributed by atoms with Gasteiger partial charge >= 0.3 is 0 Å². The average Bonchev–Trinajstić information content (AvgIpc) is 2.26. The first-order valence-corrected chi connectivity index (χ1v) is 5.69. The normalized spacial score (nSPS) is 12.5. The molecule has 0 saturated heterocycles. The van der Waals surface area contributed by atoms with Gasteiger partial charge in [-0.25, -0.2) is 0 Å². The van der Waals surface area contributed by atoms with Crippen LogP contribution in [0.1, 0.15) is 26.3 Å². The summed E-state index contributed by atoms with van der Waals surface area (Å²) < 4.78 is 5.36. The van der Waals surface area contributed by atoms with Crippen molar-refractivity contribution in [1.29, 1.82) is 0 Å². The lowest BCUT2D eigenvalue weighted by Gasteiger charge is -2.15. The molecule has 0 radical (unpaired) electrons. The van der Waals surface area contributed by atoms with Crippen molar-refractivity contribution in [2.75, 3.05) is 18.5 Å². The monoisotopic (exact) mass is 207 g/mol. The van der Waals surface area contributed by atoms with Crippen LogP contribution in [0.25, 0.3) is 0 Å². The van der Waals surface area contributed by atoms with Crippen LogP contribution in [-0.2, 0) is 11.2 Å². The van der Waals surface area contributed by atoms with E-state index in [1.807, 2.05) is 6.92 Å². The molecular formula is C13H21NO. The molecule has 15 heavy (non-hydrogen) atoms. The van der Waals surface area contributed by atoms with E-state index in [9.17, 15) is 0 Å². The van der Waals surface area contributed by atoms with E-state index in [0.29, 0.717) is 6.04 Å². The number of hydrogen-bond acceptors (Lipinski definition) is 2. The fourth-order valence-corrected chi connectivity index (χ4v) is 1.50. The highest BCUT2D eigenvalue weighted by Crippen LogP contribution is 2.12. The van der Waals surface area contributed by atoms with Crippen molar-refractivity contribution >= 4 is 5.69 Å². The van der Waals surface area contributed by atoms with Crippen LogP contribution in [-0.4, -0.2) is 19.3 Å². The fourth-order valence-electron chi connectivity index (χ4n) is 1.50. The number of hydrogen-bond donors (Lipinski definition) is 1. The standard InChI is InChI=1S/C13H21NO/c1-4-12-7-6-8-13(9-12)14-11(3)10-15-5-2/h6-9,11,14H,4-5,10H2,1-3H3. The van der Waals surface area contributed by atoms with Gasteiger partial charge < -0.3 is 10.1 Å². The average molecular weight is 207 g/mol. The summed E-state index contributed by atoms with van der Waals surface area (Å²) in [6.07, 6.45) is 1.08. The highest BCUT2D eigenvalue weighted by atomic mass is 16.5. The van der Waals surface area contributed by atoms with Crippen molar-refractivity contribution in [3.05, 3.63) is 29.8 Å². The lowest BCUT2D eigenvalue weighted by atomic mass is 10.1. The van der Waals surface area contributed by atoms with Crippen molar-refractivity contribution in [1.82, 2.24) is 0 Å². The molecule has 0 spiro atoms. The molecule has 0 bridgehead atoms. The van der Waals surface area contributed by atoms with Gasteiger partial charge in [0.25, 0.3) is 0 Å². The Morgan fingerprint density at radius 1 is 1.33 bits per heavy atom. The number of benzene rings is 1. The predicted molar refractivity (Wildman–Crippen MR) is 65.4 cm³/mol. The van der Waals surface area contributed by atoms with Crippen molar-refractivity contribution in [2.45, 2.75) is 33.2 Å². The summed E-state index contributed by atoms with van der Waals surface area (Å²) in [5.74, 6) is 0. The Morgan fingerprint density at radius 2 is 2.13 bits per heavy atom. The molecule has 0 fully saturated rings. The third-order valence-corrected chi connectivity index (χ3v) is 2.32. The maximum absolute atomic E-state index is 5.36. The molecule has 0 amide bonds. The molecule has 2 nitrogen and oxygen atoms in total. The second-order valence-corrected chi connectivity index (χ2v) is 3.76. The van der Waals surface area contributed by atoms with Gasteiger partial charge in [-0.1, -0.05) is 19.1 Å². The Morgan fingerprint density at radius 3 is 2.80 bits per heavy atom. The summed E-state index contributed by atoms with van der Waals surface area (Å²) >= 11 is 0. The van der Waals surface area contributed by atoms with Gasteiger partial charge in [-0.05, 0) is 38.0 Å². The largest absolute Gasteiger partial charge is 0.380 e. The molecule has 0 aliphatic carbocycles. The van der Waals surface area contributed by atoms with Gasteiger partial charge in [0.05, 0.1) is 6.61 Å². The minimum atomic E-state index is 0.358. The Labute approximate surface area is 92.6 Å². The summed E-state index contributed by atoms with van der Waals surface area (Å²) in [4.78, 5) is 0. The number of aryl methyl sites for hydroxylation is 1. The maximum atomic E-state index is 5.36. The van der Waals surface area contributed by atoms with Gasteiger partial charge in [0.2, 0.25) is 0 Å². The molecule has 1 unspecified atom stereocenters. The first-order valence-electron chi connectivity index (χ1n) is 5.69. The number of ether oxygens (including phenoxy) is 1. The third kappa shape index (κ3) is 4.34. The van der Waals surface area contributed by atoms with E-state index in [1.165, 1.54) is 11.3 Å². The van der Waals surface area contributed by atoms with E-state index in [-0.39, 0.29) is 0 Å². The van der Waals surface area contributed by atoms with Crippen molar-refractivity contribution < 1.29 is 4.74 Å². The first-order chi connectivity index (χ1) is 7.26. The van der Waals surface area contributed by atoms with Crippen molar-refractivity contribution in [2.24, 2.45) is 0 Å². The summed E-state index contributed by atoms with van der Waals surface area (Å²) in [5.41, 5.74) is 2.55. The smallest absolute Gasteiger partial charge is 0.0664 e. The molecule has 0 aromatic heterocycles. The Hall–Kier alpha value is -1.02. The molecule has 0 saturated carbocycles. The highest BCUT2D eigenvalue weighted by molar-refractivity contribution is 5.46. The molecule has 2 heteroatoms. The summed E-state index contributed by atoms with van der Waals surface area (Å²) in [6.45, 7) is 7.86. The van der Waals surface area contributed by atoms with E-state index < -0.39 is 0 Å². The number of nitrogens with one attached hydrogen (secondary N) is 1. The molecule has 1 atom stereocenters. The van der Waals surface area contributed by atoms with Crippen LogP contribution >= 0.6 is 0 Å². The zero-order chi connectivity index (χ0) is 11.1. The van der Waals surface area contributed by atoms with E-state index in [1.54, 1.807) is 0 Å². The topological polar surface area (TPSA) is 21.3 Å². The van der Waals surface area contributed by atoms with Gasteiger partial charge in [0.15, 0.2) is 0 Å². The van der Waals surface area contributed by atoms with Crippen LogP contribution in [0.3, 0.4) is 0 Å². The summed E-state index contributed by atoms with van der Waals surface area (Å²) in [6, 6.07) is 8.90.